The van der Waals surface area contributed by atoms with Gasteiger partial charge < -0.3 is 19.5 Å². The van der Waals surface area contributed by atoms with Crippen molar-refractivity contribution in [1.82, 2.24) is 14.5 Å². The summed E-state index contributed by atoms with van der Waals surface area (Å²) in [6.45, 7) is 2.82. The van der Waals surface area contributed by atoms with Crippen LogP contribution in [0.4, 0.5) is 19.0 Å². The van der Waals surface area contributed by atoms with E-state index < -0.39 is 34.8 Å². The summed E-state index contributed by atoms with van der Waals surface area (Å²) in [6, 6.07) is 0.542. The van der Waals surface area contributed by atoms with Crippen LogP contribution in [-0.2, 0) is 17.5 Å². The van der Waals surface area contributed by atoms with Crippen LogP contribution in [0.25, 0.3) is 11.1 Å². The second-order valence-electron chi connectivity index (χ2n) is 5.97. The standard InChI is InChI=1S/C17H14ClF3N4O4/c1-3-28-16(27)11-7(2)29-14-12(11)13(22)23-10(24-14)6-25-5-8(17(19,20)21)4-9(18)15(25)26/h4-5H,3,6H2,1-2H3,(H2,22,23,24). The Morgan fingerprint density at radius 1 is 1.38 bits per heavy atom. The van der Waals surface area contributed by atoms with Crippen LogP contribution < -0.4 is 11.3 Å². The van der Waals surface area contributed by atoms with Crippen molar-refractivity contribution in [2.24, 2.45) is 0 Å². The monoisotopic (exact) mass is 430 g/mol. The number of halogens is 4. The van der Waals surface area contributed by atoms with E-state index in [1.54, 1.807) is 6.92 Å². The second kappa shape index (κ2) is 7.39. The van der Waals surface area contributed by atoms with Gasteiger partial charge in [-0.3, -0.25) is 4.79 Å². The molecule has 3 rings (SSSR count). The van der Waals surface area contributed by atoms with Gasteiger partial charge in [0, 0.05) is 6.20 Å². The highest BCUT2D eigenvalue weighted by Gasteiger charge is 2.32. The normalized spacial score (nSPS) is 11.8. The number of nitrogens with two attached hydrogens (primary N) is 1. The molecule has 2 N–H and O–H groups in total. The van der Waals surface area contributed by atoms with Crippen LogP contribution in [0.5, 0.6) is 0 Å². The van der Waals surface area contributed by atoms with Crippen LogP contribution in [0.3, 0.4) is 0 Å². The third-order valence-corrected chi connectivity index (χ3v) is 4.23. The number of furan rings is 1. The van der Waals surface area contributed by atoms with Gasteiger partial charge in [-0.1, -0.05) is 11.6 Å². The minimum absolute atomic E-state index is 0.0563. The topological polar surface area (TPSA) is 113 Å². The summed E-state index contributed by atoms with van der Waals surface area (Å²) in [6.07, 6.45) is -4.09. The molecule has 0 aromatic carbocycles. The Balaban J connectivity index is 2.08. The molecule has 3 aromatic heterocycles. The van der Waals surface area contributed by atoms with E-state index in [1.807, 2.05) is 0 Å². The van der Waals surface area contributed by atoms with E-state index in [0.717, 1.165) is 0 Å². The minimum Gasteiger partial charge on any atom is -0.462 e. The molecule has 0 saturated heterocycles. The van der Waals surface area contributed by atoms with Gasteiger partial charge in [0.1, 0.15) is 22.2 Å². The number of fused-ring (bicyclic) bond motifs is 1. The first-order valence-corrected chi connectivity index (χ1v) is 8.60. The fraction of sp³-hybridized carbons (Fsp3) is 0.294. The van der Waals surface area contributed by atoms with Crippen molar-refractivity contribution in [3.8, 4) is 0 Å². The van der Waals surface area contributed by atoms with Gasteiger partial charge in [-0.15, -0.1) is 0 Å². The average molecular weight is 431 g/mol. The van der Waals surface area contributed by atoms with E-state index in [-0.39, 0.29) is 40.7 Å². The van der Waals surface area contributed by atoms with Crippen molar-refractivity contribution in [3.05, 3.63) is 50.4 Å². The quantitative estimate of drug-likeness (QED) is 0.632. The van der Waals surface area contributed by atoms with E-state index in [9.17, 15) is 22.8 Å². The van der Waals surface area contributed by atoms with Gasteiger partial charge in [-0.2, -0.15) is 18.2 Å². The summed E-state index contributed by atoms with van der Waals surface area (Å²) >= 11 is 5.64. The van der Waals surface area contributed by atoms with Crippen LogP contribution in [0.15, 0.2) is 21.5 Å². The lowest BCUT2D eigenvalue weighted by Gasteiger charge is -2.11. The van der Waals surface area contributed by atoms with Gasteiger partial charge in [0.15, 0.2) is 5.82 Å². The van der Waals surface area contributed by atoms with Crippen LogP contribution in [0.1, 0.15) is 34.4 Å². The SMILES string of the molecule is CCOC(=O)c1c(C)oc2nc(Cn3cc(C(F)(F)F)cc(Cl)c3=O)nc(N)c12. The number of carbonyl (C=O) groups is 1. The number of pyridine rings is 1. The van der Waals surface area contributed by atoms with Crippen molar-refractivity contribution in [3.63, 3.8) is 0 Å². The first-order chi connectivity index (χ1) is 13.5. The van der Waals surface area contributed by atoms with Crippen LogP contribution in [0.2, 0.25) is 5.02 Å². The molecule has 0 atom stereocenters. The molecule has 12 heteroatoms. The summed E-state index contributed by atoms with van der Waals surface area (Å²) in [5, 5.41) is -0.480. The van der Waals surface area contributed by atoms with E-state index in [0.29, 0.717) is 16.8 Å². The van der Waals surface area contributed by atoms with E-state index in [4.69, 9.17) is 26.5 Å². The minimum atomic E-state index is -4.70. The largest absolute Gasteiger partial charge is 0.462 e. The van der Waals surface area contributed by atoms with E-state index in [1.165, 1.54) is 6.92 Å². The Hall–Kier alpha value is -3.08. The number of aryl methyl sites for hydroxylation is 1. The predicted molar refractivity (Wildman–Crippen MR) is 96.7 cm³/mol. The lowest BCUT2D eigenvalue weighted by molar-refractivity contribution is -0.138. The van der Waals surface area contributed by atoms with Gasteiger partial charge in [0.05, 0.1) is 24.1 Å². The average Bonchev–Trinajstić information content (AvgIpc) is 2.94. The number of carbonyl (C=O) groups excluding carboxylic acids is 1. The molecule has 0 unspecified atom stereocenters. The lowest BCUT2D eigenvalue weighted by atomic mass is 10.2. The molecule has 3 aromatic rings. The first-order valence-electron chi connectivity index (χ1n) is 8.22. The molecule has 0 aliphatic carbocycles. The Kier molecular flexibility index (Phi) is 5.26. The maximum Gasteiger partial charge on any atom is 0.417 e. The second-order valence-corrected chi connectivity index (χ2v) is 6.37. The highest BCUT2D eigenvalue weighted by atomic mass is 35.5. The van der Waals surface area contributed by atoms with Crippen molar-refractivity contribution >= 4 is 34.5 Å². The molecular weight excluding hydrogens is 417 g/mol. The fourth-order valence-corrected chi connectivity index (χ4v) is 2.95. The number of anilines is 1. The molecule has 29 heavy (non-hydrogen) atoms. The molecule has 0 saturated carbocycles. The number of alkyl halides is 3. The Morgan fingerprint density at radius 2 is 2.07 bits per heavy atom. The molecule has 0 fully saturated rings. The van der Waals surface area contributed by atoms with Crippen LogP contribution >= 0.6 is 11.6 Å². The number of nitrogen functional groups attached to an aromatic ring is 1. The summed E-state index contributed by atoms with van der Waals surface area (Å²) in [5.74, 6) is -0.726. The summed E-state index contributed by atoms with van der Waals surface area (Å²) in [4.78, 5) is 32.3. The Bertz CT molecular complexity index is 1170. The molecule has 8 nitrogen and oxygen atoms in total. The van der Waals surface area contributed by atoms with Crippen LogP contribution in [-0.4, -0.2) is 27.1 Å². The molecule has 0 aliphatic rings. The van der Waals surface area contributed by atoms with E-state index >= 15 is 0 Å². The molecular formula is C17H14ClF3N4O4. The Morgan fingerprint density at radius 3 is 2.69 bits per heavy atom. The van der Waals surface area contributed by atoms with Crippen molar-refractivity contribution in [2.75, 3.05) is 12.3 Å². The number of ether oxygens (including phenoxy) is 1. The Labute approximate surface area is 166 Å². The molecule has 0 bridgehead atoms. The third kappa shape index (κ3) is 3.90. The van der Waals surface area contributed by atoms with Gasteiger partial charge in [0.2, 0.25) is 5.71 Å². The van der Waals surface area contributed by atoms with Gasteiger partial charge >= 0.3 is 12.1 Å². The van der Waals surface area contributed by atoms with E-state index in [2.05, 4.69) is 9.97 Å². The molecule has 3 heterocycles. The molecule has 0 amide bonds. The van der Waals surface area contributed by atoms with Crippen molar-refractivity contribution in [1.29, 1.82) is 0 Å². The molecule has 0 radical (unpaired) electrons. The summed E-state index contributed by atoms with van der Waals surface area (Å²) < 4.78 is 50.1. The van der Waals surface area contributed by atoms with Gasteiger partial charge in [-0.05, 0) is 19.9 Å². The zero-order valence-electron chi connectivity index (χ0n) is 15.1. The van der Waals surface area contributed by atoms with Crippen molar-refractivity contribution < 1.29 is 27.1 Å². The molecule has 0 aliphatic heterocycles. The summed E-state index contributed by atoms with van der Waals surface area (Å²) in [5.41, 5.74) is 3.96. The maximum atomic E-state index is 13.0. The molecule has 154 valence electrons. The highest BCUT2D eigenvalue weighted by Crippen LogP contribution is 2.31. The number of hydrogen-bond acceptors (Lipinski definition) is 7. The smallest absolute Gasteiger partial charge is 0.417 e. The summed E-state index contributed by atoms with van der Waals surface area (Å²) in [7, 11) is 0. The lowest BCUT2D eigenvalue weighted by Crippen LogP contribution is -2.24. The number of nitrogens with zero attached hydrogens (tertiary/aromatic N) is 3. The zero-order chi connectivity index (χ0) is 21.5. The van der Waals surface area contributed by atoms with Gasteiger partial charge in [-0.25, -0.2) is 9.78 Å². The van der Waals surface area contributed by atoms with Crippen molar-refractivity contribution in [2.45, 2.75) is 26.6 Å². The molecule has 0 spiro atoms. The fourth-order valence-electron chi connectivity index (χ4n) is 2.73. The highest BCUT2D eigenvalue weighted by molar-refractivity contribution is 6.30. The third-order valence-electron chi connectivity index (χ3n) is 3.96. The number of rotatable bonds is 4. The number of hydrogen-bond donors (Lipinski definition) is 1. The predicted octanol–water partition coefficient (Wildman–Crippen LogP) is 3.17. The first kappa shape index (κ1) is 20.6. The van der Waals surface area contributed by atoms with Gasteiger partial charge in [0.25, 0.3) is 5.56 Å². The number of aromatic nitrogens is 3. The van der Waals surface area contributed by atoms with Crippen LogP contribution in [0, 0.1) is 6.92 Å². The number of esters is 1. The maximum absolute atomic E-state index is 13.0. The zero-order valence-corrected chi connectivity index (χ0v) is 15.9.